The molecule has 3 aromatic heterocycles. The molecule has 0 aromatic carbocycles. The van der Waals surface area contributed by atoms with Crippen LogP contribution in [0, 0.1) is 0 Å². The highest BCUT2D eigenvalue weighted by Crippen LogP contribution is 2.30. The maximum absolute atomic E-state index is 13.4. The molecule has 0 spiro atoms. The second-order valence-electron chi connectivity index (χ2n) is 7.66. The summed E-state index contributed by atoms with van der Waals surface area (Å²) in [6, 6.07) is 6.53. The van der Waals surface area contributed by atoms with Gasteiger partial charge in [0.2, 0.25) is 0 Å². The van der Waals surface area contributed by atoms with Crippen molar-refractivity contribution >= 4 is 28.3 Å². The molecular formula is C21H26N4OS. The van der Waals surface area contributed by atoms with Gasteiger partial charge in [0, 0.05) is 19.1 Å². The number of amides is 1. The van der Waals surface area contributed by atoms with Crippen molar-refractivity contribution in [3.63, 3.8) is 0 Å². The molecule has 0 saturated heterocycles. The third-order valence-corrected chi connectivity index (χ3v) is 6.40. The predicted molar refractivity (Wildman–Crippen MR) is 110 cm³/mol. The molecule has 0 bridgehead atoms. The van der Waals surface area contributed by atoms with Crippen molar-refractivity contribution < 1.29 is 4.79 Å². The van der Waals surface area contributed by atoms with Crippen LogP contribution in [0.4, 0.5) is 0 Å². The van der Waals surface area contributed by atoms with Crippen LogP contribution in [0.3, 0.4) is 0 Å². The standard InChI is InChI=1S/C21H26N4OS/c1-14(2)25-20-17(13-22-25)16(12-18(23-20)19-10-7-11-27-19)21(26)24(3)15-8-5-4-6-9-15/h7,10-15H,4-6,8-9H2,1-3H3. The van der Waals surface area contributed by atoms with Gasteiger partial charge in [0.1, 0.15) is 0 Å². The minimum atomic E-state index is 0.0791. The van der Waals surface area contributed by atoms with Crippen LogP contribution in [0.15, 0.2) is 29.8 Å². The minimum Gasteiger partial charge on any atom is -0.339 e. The Morgan fingerprint density at radius 1 is 1.30 bits per heavy atom. The van der Waals surface area contributed by atoms with Gasteiger partial charge in [-0.15, -0.1) is 11.3 Å². The van der Waals surface area contributed by atoms with Gasteiger partial charge in [0.25, 0.3) is 5.91 Å². The summed E-state index contributed by atoms with van der Waals surface area (Å²) in [4.78, 5) is 21.3. The summed E-state index contributed by atoms with van der Waals surface area (Å²) >= 11 is 1.64. The lowest BCUT2D eigenvalue weighted by atomic mass is 9.94. The summed E-state index contributed by atoms with van der Waals surface area (Å²) in [5, 5.41) is 7.40. The number of thiophene rings is 1. The Morgan fingerprint density at radius 2 is 2.07 bits per heavy atom. The zero-order valence-electron chi connectivity index (χ0n) is 16.2. The highest BCUT2D eigenvalue weighted by atomic mass is 32.1. The lowest BCUT2D eigenvalue weighted by Gasteiger charge is -2.31. The molecule has 3 heterocycles. The van der Waals surface area contributed by atoms with Gasteiger partial charge in [-0.25, -0.2) is 9.67 Å². The van der Waals surface area contributed by atoms with E-state index >= 15 is 0 Å². The van der Waals surface area contributed by atoms with Crippen LogP contribution >= 0.6 is 11.3 Å². The van der Waals surface area contributed by atoms with E-state index in [-0.39, 0.29) is 11.9 Å². The van der Waals surface area contributed by atoms with Crippen molar-refractivity contribution in [1.82, 2.24) is 19.7 Å². The molecule has 1 amide bonds. The summed E-state index contributed by atoms with van der Waals surface area (Å²) in [5.74, 6) is 0.0791. The van der Waals surface area contributed by atoms with Crippen molar-refractivity contribution in [2.45, 2.75) is 58.0 Å². The normalized spacial score (nSPS) is 15.6. The first kappa shape index (κ1) is 18.2. The molecule has 0 unspecified atom stereocenters. The van der Waals surface area contributed by atoms with E-state index in [1.807, 2.05) is 40.2 Å². The van der Waals surface area contributed by atoms with Gasteiger partial charge >= 0.3 is 0 Å². The Hall–Kier alpha value is -2.21. The van der Waals surface area contributed by atoms with Crippen molar-refractivity contribution in [3.8, 4) is 10.6 Å². The van der Waals surface area contributed by atoms with E-state index in [9.17, 15) is 4.79 Å². The second-order valence-corrected chi connectivity index (χ2v) is 8.61. The Kier molecular flexibility index (Phi) is 5.00. The van der Waals surface area contributed by atoms with E-state index in [4.69, 9.17) is 4.98 Å². The van der Waals surface area contributed by atoms with Crippen LogP contribution in [0.5, 0.6) is 0 Å². The van der Waals surface area contributed by atoms with Gasteiger partial charge in [0.05, 0.1) is 27.7 Å². The molecule has 5 nitrogen and oxygen atoms in total. The van der Waals surface area contributed by atoms with Crippen molar-refractivity contribution in [1.29, 1.82) is 0 Å². The van der Waals surface area contributed by atoms with Crippen LogP contribution in [0.2, 0.25) is 0 Å². The van der Waals surface area contributed by atoms with Gasteiger partial charge in [0.15, 0.2) is 5.65 Å². The Labute approximate surface area is 164 Å². The summed E-state index contributed by atoms with van der Waals surface area (Å²) in [6.45, 7) is 4.17. The Balaban J connectivity index is 1.81. The number of hydrogen-bond donors (Lipinski definition) is 0. The van der Waals surface area contributed by atoms with Crippen LogP contribution in [0.1, 0.15) is 62.4 Å². The SMILES string of the molecule is CC(C)n1ncc2c(C(=O)N(C)C3CCCCC3)cc(-c3cccs3)nc21. The van der Waals surface area contributed by atoms with E-state index in [0.29, 0.717) is 11.6 Å². The molecule has 1 aliphatic rings. The Bertz CT molecular complexity index is 939. The topological polar surface area (TPSA) is 51.0 Å². The molecule has 3 aromatic rings. The maximum atomic E-state index is 13.4. The fourth-order valence-corrected chi connectivity index (χ4v) is 4.63. The smallest absolute Gasteiger partial charge is 0.254 e. The first-order valence-corrected chi connectivity index (χ1v) is 10.6. The number of rotatable bonds is 4. The zero-order valence-corrected chi connectivity index (χ0v) is 17.0. The minimum absolute atomic E-state index is 0.0791. The van der Waals surface area contributed by atoms with E-state index < -0.39 is 0 Å². The van der Waals surface area contributed by atoms with Crippen LogP contribution in [-0.4, -0.2) is 38.7 Å². The fourth-order valence-electron chi connectivity index (χ4n) is 3.95. The molecule has 6 heteroatoms. The highest BCUT2D eigenvalue weighted by molar-refractivity contribution is 7.13. The summed E-state index contributed by atoms with van der Waals surface area (Å²) < 4.78 is 1.91. The molecular weight excluding hydrogens is 356 g/mol. The lowest BCUT2D eigenvalue weighted by molar-refractivity contribution is 0.0698. The van der Waals surface area contributed by atoms with Gasteiger partial charge in [-0.2, -0.15) is 5.10 Å². The van der Waals surface area contributed by atoms with Gasteiger partial charge in [-0.05, 0) is 44.2 Å². The number of hydrogen-bond acceptors (Lipinski definition) is 4. The van der Waals surface area contributed by atoms with Crippen molar-refractivity contribution in [3.05, 3.63) is 35.3 Å². The molecule has 4 rings (SSSR count). The van der Waals surface area contributed by atoms with E-state index in [0.717, 1.165) is 34.4 Å². The molecule has 0 atom stereocenters. The average Bonchev–Trinajstić information content (AvgIpc) is 3.36. The second kappa shape index (κ2) is 7.43. The third kappa shape index (κ3) is 3.38. The Morgan fingerprint density at radius 3 is 2.74 bits per heavy atom. The molecule has 27 heavy (non-hydrogen) atoms. The molecule has 142 valence electrons. The quantitative estimate of drug-likeness (QED) is 0.627. The van der Waals surface area contributed by atoms with E-state index in [2.05, 4.69) is 18.9 Å². The van der Waals surface area contributed by atoms with Crippen molar-refractivity contribution in [2.75, 3.05) is 7.05 Å². The van der Waals surface area contributed by atoms with Crippen molar-refractivity contribution in [2.24, 2.45) is 0 Å². The van der Waals surface area contributed by atoms with E-state index in [1.54, 1.807) is 17.5 Å². The molecule has 0 aliphatic heterocycles. The first-order chi connectivity index (χ1) is 13.1. The third-order valence-electron chi connectivity index (χ3n) is 5.50. The monoisotopic (exact) mass is 382 g/mol. The number of carbonyl (C=O) groups excluding carboxylic acids is 1. The van der Waals surface area contributed by atoms with E-state index in [1.165, 1.54) is 19.3 Å². The predicted octanol–water partition coefficient (Wildman–Crippen LogP) is 5.15. The molecule has 1 fully saturated rings. The molecule has 1 aliphatic carbocycles. The number of carbonyl (C=O) groups is 1. The molecule has 0 radical (unpaired) electrons. The summed E-state index contributed by atoms with van der Waals surface area (Å²) in [5.41, 5.74) is 2.35. The van der Waals surface area contributed by atoms with Crippen LogP contribution in [-0.2, 0) is 0 Å². The number of aromatic nitrogens is 3. The summed E-state index contributed by atoms with van der Waals surface area (Å²) in [6.07, 6.45) is 7.68. The lowest BCUT2D eigenvalue weighted by Crippen LogP contribution is -2.38. The molecule has 0 N–H and O–H groups in total. The number of pyridine rings is 1. The fraction of sp³-hybridized carbons (Fsp3) is 0.476. The van der Waals surface area contributed by atoms with Gasteiger partial charge in [-0.1, -0.05) is 25.3 Å². The number of fused-ring (bicyclic) bond motifs is 1. The van der Waals surface area contributed by atoms with Gasteiger partial charge in [-0.3, -0.25) is 4.79 Å². The molecule has 1 saturated carbocycles. The van der Waals surface area contributed by atoms with Gasteiger partial charge < -0.3 is 4.90 Å². The zero-order chi connectivity index (χ0) is 19.0. The average molecular weight is 383 g/mol. The van der Waals surface area contributed by atoms with Crippen LogP contribution < -0.4 is 0 Å². The maximum Gasteiger partial charge on any atom is 0.254 e. The largest absolute Gasteiger partial charge is 0.339 e. The highest BCUT2D eigenvalue weighted by Gasteiger charge is 2.26. The van der Waals surface area contributed by atoms with Crippen LogP contribution in [0.25, 0.3) is 21.6 Å². The first-order valence-electron chi connectivity index (χ1n) is 9.75. The summed E-state index contributed by atoms with van der Waals surface area (Å²) in [7, 11) is 1.95. The number of nitrogens with zero attached hydrogens (tertiary/aromatic N) is 4.